The van der Waals surface area contributed by atoms with Crippen molar-refractivity contribution in [3.63, 3.8) is 0 Å². The van der Waals surface area contributed by atoms with Gasteiger partial charge in [0.2, 0.25) is 12.3 Å². The SMILES string of the molecule is N[C@H](CCCc1ccc(-c2nnco2)cc1)C(F)(F)F. The molecule has 2 rings (SSSR count). The first kappa shape index (κ1) is 14.5. The summed E-state index contributed by atoms with van der Waals surface area (Å²) in [7, 11) is 0. The standard InChI is InChI=1S/C13H14F3N3O/c14-13(15,16)11(17)3-1-2-9-4-6-10(7-5-9)12-19-18-8-20-12/h4-8,11H,1-3,17H2/t11-/m1/s1. The Labute approximate surface area is 113 Å². The van der Waals surface area contributed by atoms with Crippen LogP contribution < -0.4 is 5.73 Å². The molecule has 0 saturated carbocycles. The van der Waals surface area contributed by atoms with Crippen molar-refractivity contribution in [2.75, 3.05) is 0 Å². The molecule has 0 amide bonds. The molecule has 4 nitrogen and oxygen atoms in total. The molecule has 2 aromatic rings. The lowest BCUT2D eigenvalue weighted by Gasteiger charge is -2.14. The van der Waals surface area contributed by atoms with Crippen LogP contribution >= 0.6 is 0 Å². The zero-order valence-corrected chi connectivity index (χ0v) is 10.6. The van der Waals surface area contributed by atoms with Gasteiger partial charge in [0.05, 0.1) is 0 Å². The number of alkyl halides is 3. The topological polar surface area (TPSA) is 64.9 Å². The quantitative estimate of drug-likeness (QED) is 0.917. The second-order valence-electron chi connectivity index (χ2n) is 4.48. The number of aromatic nitrogens is 2. The van der Waals surface area contributed by atoms with E-state index >= 15 is 0 Å². The van der Waals surface area contributed by atoms with Crippen LogP contribution in [0, 0.1) is 0 Å². The number of nitrogens with zero attached hydrogens (tertiary/aromatic N) is 2. The molecule has 1 atom stereocenters. The monoisotopic (exact) mass is 285 g/mol. The molecule has 1 heterocycles. The molecule has 0 bridgehead atoms. The molecule has 0 aliphatic carbocycles. The maximum atomic E-state index is 12.2. The smallest absolute Gasteiger partial charge is 0.403 e. The lowest BCUT2D eigenvalue weighted by atomic mass is 10.0. The largest absolute Gasteiger partial charge is 0.423 e. The molecule has 0 fully saturated rings. The van der Waals surface area contributed by atoms with E-state index in [1.165, 1.54) is 6.39 Å². The molecule has 1 aromatic heterocycles. The number of hydrogen-bond acceptors (Lipinski definition) is 4. The summed E-state index contributed by atoms with van der Waals surface area (Å²) in [5.74, 6) is 0.413. The Morgan fingerprint density at radius 3 is 2.45 bits per heavy atom. The number of halogens is 3. The fourth-order valence-corrected chi connectivity index (χ4v) is 1.80. The van der Waals surface area contributed by atoms with E-state index in [4.69, 9.17) is 10.2 Å². The van der Waals surface area contributed by atoms with Crippen molar-refractivity contribution in [3.8, 4) is 11.5 Å². The van der Waals surface area contributed by atoms with Crippen molar-refractivity contribution >= 4 is 0 Å². The normalized spacial score (nSPS) is 13.4. The molecule has 0 radical (unpaired) electrons. The molecular formula is C13H14F3N3O. The molecule has 0 spiro atoms. The zero-order chi connectivity index (χ0) is 14.6. The van der Waals surface area contributed by atoms with Gasteiger partial charge in [-0.25, -0.2) is 0 Å². The summed E-state index contributed by atoms with van der Waals surface area (Å²) in [5, 5.41) is 7.35. The van der Waals surface area contributed by atoms with Crippen LogP contribution in [0.4, 0.5) is 13.2 Å². The predicted octanol–water partition coefficient (Wildman–Crippen LogP) is 2.95. The minimum Gasteiger partial charge on any atom is -0.423 e. The molecule has 0 saturated heterocycles. The average Bonchev–Trinajstić information content (AvgIpc) is 2.92. The minimum atomic E-state index is -4.32. The van der Waals surface area contributed by atoms with E-state index in [2.05, 4.69) is 10.2 Å². The van der Waals surface area contributed by atoms with Crippen molar-refractivity contribution in [3.05, 3.63) is 36.2 Å². The Hall–Kier alpha value is -1.89. The Balaban J connectivity index is 1.86. The Kier molecular flexibility index (Phi) is 4.39. The zero-order valence-electron chi connectivity index (χ0n) is 10.6. The first-order chi connectivity index (χ1) is 9.47. The Bertz CT molecular complexity index is 523. The highest BCUT2D eigenvalue weighted by atomic mass is 19.4. The van der Waals surface area contributed by atoms with Crippen LogP contribution in [0.1, 0.15) is 18.4 Å². The molecule has 20 heavy (non-hydrogen) atoms. The van der Waals surface area contributed by atoms with Gasteiger partial charge in [0.15, 0.2) is 0 Å². The second kappa shape index (κ2) is 6.04. The van der Waals surface area contributed by atoms with Crippen molar-refractivity contribution in [2.24, 2.45) is 5.73 Å². The summed E-state index contributed by atoms with van der Waals surface area (Å²) in [6.07, 6.45) is -2.22. The van der Waals surface area contributed by atoms with Crippen LogP contribution in [-0.2, 0) is 6.42 Å². The number of aryl methyl sites for hydroxylation is 1. The van der Waals surface area contributed by atoms with Crippen molar-refractivity contribution in [2.45, 2.75) is 31.5 Å². The highest BCUT2D eigenvalue weighted by Crippen LogP contribution is 2.22. The first-order valence-electron chi connectivity index (χ1n) is 6.14. The molecular weight excluding hydrogens is 271 g/mol. The summed E-state index contributed by atoms with van der Waals surface area (Å²) in [5.41, 5.74) is 6.77. The maximum absolute atomic E-state index is 12.2. The fraction of sp³-hybridized carbons (Fsp3) is 0.385. The molecule has 0 aliphatic rings. The van der Waals surface area contributed by atoms with Crippen LogP contribution in [0.5, 0.6) is 0 Å². The number of rotatable bonds is 5. The molecule has 0 unspecified atom stereocenters. The number of hydrogen-bond donors (Lipinski definition) is 1. The van der Waals surface area contributed by atoms with Gasteiger partial charge >= 0.3 is 6.18 Å². The first-order valence-corrected chi connectivity index (χ1v) is 6.14. The van der Waals surface area contributed by atoms with Crippen LogP contribution in [0.25, 0.3) is 11.5 Å². The van der Waals surface area contributed by atoms with Gasteiger partial charge in [-0.1, -0.05) is 12.1 Å². The molecule has 108 valence electrons. The second-order valence-corrected chi connectivity index (χ2v) is 4.48. The summed E-state index contributed by atoms with van der Waals surface area (Å²) in [6, 6.07) is 5.51. The van der Waals surface area contributed by atoms with Gasteiger partial charge in [0, 0.05) is 5.56 Å². The summed E-state index contributed by atoms with van der Waals surface area (Å²) < 4.78 is 41.8. The third-order valence-corrected chi connectivity index (χ3v) is 2.96. The van der Waals surface area contributed by atoms with Crippen molar-refractivity contribution in [1.82, 2.24) is 10.2 Å². The van der Waals surface area contributed by atoms with E-state index < -0.39 is 12.2 Å². The number of benzene rings is 1. The fourth-order valence-electron chi connectivity index (χ4n) is 1.80. The van der Waals surface area contributed by atoms with E-state index in [0.29, 0.717) is 18.7 Å². The van der Waals surface area contributed by atoms with Crippen molar-refractivity contribution < 1.29 is 17.6 Å². The van der Waals surface area contributed by atoms with Gasteiger partial charge in [0.1, 0.15) is 6.04 Å². The van der Waals surface area contributed by atoms with Gasteiger partial charge in [-0.15, -0.1) is 10.2 Å². The molecule has 7 heteroatoms. The maximum Gasteiger partial charge on any atom is 0.403 e. The minimum absolute atomic E-state index is 0.0745. The van der Waals surface area contributed by atoms with E-state index in [0.717, 1.165) is 11.1 Å². The highest BCUT2D eigenvalue weighted by Gasteiger charge is 2.35. The predicted molar refractivity (Wildman–Crippen MR) is 66.7 cm³/mol. The third-order valence-electron chi connectivity index (χ3n) is 2.96. The van der Waals surface area contributed by atoms with Crippen LogP contribution in [0.3, 0.4) is 0 Å². The van der Waals surface area contributed by atoms with Gasteiger partial charge in [-0.3, -0.25) is 0 Å². The van der Waals surface area contributed by atoms with E-state index in [1.54, 1.807) is 12.1 Å². The van der Waals surface area contributed by atoms with Gasteiger partial charge in [0.25, 0.3) is 0 Å². The van der Waals surface area contributed by atoms with Gasteiger partial charge in [-0.05, 0) is 37.0 Å². The lowest BCUT2D eigenvalue weighted by molar-refractivity contribution is -0.149. The third kappa shape index (κ3) is 3.80. The van der Waals surface area contributed by atoms with E-state index in [9.17, 15) is 13.2 Å². The molecule has 2 N–H and O–H groups in total. The van der Waals surface area contributed by atoms with E-state index in [1.807, 2.05) is 12.1 Å². The lowest BCUT2D eigenvalue weighted by Crippen LogP contribution is -2.37. The highest BCUT2D eigenvalue weighted by molar-refractivity contribution is 5.52. The van der Waals surface area contributed by atoms with Crippen LogP contribution in [0.2, 0.25) is 0 Å². The summed E-state index contributed by atoms with van der Waals surface area (Å²) in [4.78, 5) is 0. The van der Waals surface area contributed by atoms with Crippen molar-refractivity contribution in [1.29, 1.82) is 0 Å². The molecule has 0 aliphatic heterocycles. The van der Waals surface area contributed by atoms with Gasteiger partial charge < -0.3 is 10.2 Å². The van der Waals surface area contributed by atoms with Gasteiger partial charge in [-0.2, -0.15) is 13.2 Å². The van der Waals surface area contributed by atoms with Crippen LogP contribution in [0.15, 0.2) is 35.1 Å². The Morgan fingerprint density at radius 2 is 1.90 bits per heavy atom. The Morgan fingerprint density at radius 1 is 1.20 bits per heavy atom. The summed E-state index contributed by atoms with van der Waals surface area (Å²) >= 11 is 0. The average molecular weight is 285 g/mol. The van der Waals surface area contributed by atoms with E-state index in [-0.39, 0.29) is 6.42 Å². The number of nitrogens with two attached hydrogens (primary N) is 1. The summed E-state index contributed by atoms with van der Waals surface area (Å²) in [6.45, 7) is 0. The molecule has 1 aromatic carbocycles. The van der Waals surface area contributed by atoms with Crippen LogP contribution in [-0.4, -0.2) is 22.4 Å².